The second-order valence-corrected chi connectivity index (χ2v) is 7.33. The van der Waals surface area contributed by atoms with Crippen molar-refractivity contribution in [2.45, 2.75) is 11.8 Å². The van der Waals surface area contributed by atoms with Gasteiger partial charge in [0.1, 0.15) is 6.54 Å². The van der Waals surface area contributed by atoms with Gasteiger partial charge in [-0.3, -0.25) is 4.79 Å². The van der Waals surface area contributed by atoms with Crippen LogP contribution in [0.3, 0.4) is 0 Å². The van der Waals surface area contributed by atoms with Crippen LogP contribution in [0.1, 0.15) is 5.56 Å². The molecule has 2 aromatic carbocycles. The molecule has 0 bridgehead atoms. The molecular formula is C17H20N4O4S. The van der Waals surface area contributed by atoms with Crippen LogP contribution in [0.15, 0.2) is 53.4 Å². The van der Waals surface area contributed by atoms with Crippen molar-refractivity contribution in [3.8, 4) is 0 Å². The number of hydrogen-bond donors (Lipinski definition) is 3. The lowest BCUT2D eigenvalue weighted by atomic mass is 10.2. The smallest absolute Gasteiger partial charge is 0.322 e. The Balaban J connectivity index is 1.95. The summed E-state index contributed by atoms with van der Waals surface area (Å²) in [6.45, 7) is 1.77. The van der Waals surface area contributed by atoms with Crippen molar-refractivity contribution in [2.24, 2.45) is 5.14 Å². The molecule has 0 aromatic heterocycles. The molecule has 0 radical (unpaired) electrons. The third kappa shape index (κ3) is 5.57. The van der Waals surface area contributed by atoms with Gasteiger partial charge in [-0.2, -0.15) is 0 Å². The number of sulfonamides is 1. The molecule has 2 aromatic rings. The molecule has 2 rings (SSSR count). The van der Waals surface area contributed by atoms with Crippen LogP contribution in [0.4, 0.5) is 16.2 Å². The SMILES string of the molecule is Cc1ccc(NC(=O)CN(C)C(=O)Nc2cccc(S(N)(=O)=O)c2)cc1. The van der Waals surface area contributed by atoms with Gasteiger partial charge in [0.05, 0.1) is 4.90 Å². The Labute approximate surface area is 152 Å². The molecule has 0 atom stereocenters. The fraction of sp³-hybridized carbons (Fsp3) is 0.176. The largest absolute Gasteiger partial charge is 0.325 e. The van der Waals surface area contributed by atoms with Crippen molar-refractivity contribution in [3.05, 3.63) is 54.1 Å². The molecule has 0 aliphatic carbocycles. The number of aryl methyl sites for hydroxylation is 1. The quantitative estimate of drug-likeness (QED) is 0.736. The molecule has 9 heteroatoms. The minimum atomic E-state index is -3.87. The number of nitrogens with one attached hydrogen (secondary N) is 2. The number of likely N-dealkylation sites (N-methyl/N-ethyl adjacent to an activating group) is 1. The molecule has 0 unspecified atom stereocenters. The summed E-state index contributed by atoms with van der Waals surface area (Å²) in [5.41, 5.74) is 1.96. The third-order valence-corrected chi connectivity index (χ3v) is 4.39. The molecule has 0 fully saturated rings. The highest BCUT2D eigenvalue weighted by Crippen LogP contribution is 2.14. The fourth-order valence-electron chi connectivity index (χ4n) is 2.09. The first kappa shape index (κ1) is 19.4. The van der Waals surface area contributed by atoms with E-state index in [0.717, 1.165) is 5.56 Å². The van der Waals surface area contributed by atoms with E-state index in [9.17, 15) is 18.0 Å². The highest BCUT2D eigenvalue weighted by atomic mass is 32.2. The second-order valence-electron chi connectivity index (χ2n) is 5.77. The summed E-state index contributed by atoms with van der Waals surface area (Å²) < 4.78 is 22.7. The molecule has 0 spiro atoms. The van der Waals surface area contributed by atoms with E-state index in [4.69, 9.17) is 5.14 Å². The van der Waals surface area contributed by atoms with Gasteiger partial charge in [-0.15, -0.1) is 0 Å². The van der Waals surface area contributed by atoms with E-state index in [1.165, 1.54) is 36.2 Å². The number of hydrogen-bond acceptors (Lipinski definition) is 4. The molecule has 138 valence electrons. The highest BCUT2D eigenvalue weighted by Gasteiger charge is 2.14. The minimum absolute atomic E-state index is 0.116. The van der Waals surface area contributed by atoms with E-state index in [2.05, 4.69) is 10.6 Å². The van der Waals surface area contributed by atoms with Crippen LogP contribution in [0.25, 0.3) is 0 Å². The van der Waals surface area contributed by atoms with Crippen LogP contribution in [-0.2, 0) is 14.8 Å². The minimum Gasteiger partial charge on any atom is -0.325 e. The van der Waals surface area contributed by atoms with Crippen molar-refractivity contribution in [1.82, 2.24) is 4.90 Å². The standard InChI is InChI=1S/C17H20N4O4S/c1-12-6-8-13(9-7-12)19-16(22)11-21(2)17(23)20-14-4-3-5-15(10-14)26(18,24)25/h3-10H,11H2,1-2H3,(H,19,22)(H,20,23)(H2,18,24,25). The number of rotatable bonds is 5. The Bertz CT molecular complexity index is 911. The summed E-state index contributed by atoms with van der Waals surface area (Å²) >= 11 is 0. The number of carbonyl (C=O) groups is 2. The molecule has 4 N–H and O–H groups in total. The van der Waals surface area contributed by atoms with Gasteiger partial charge in [-0.1, -0.05) is 23.8 Å². The molecule has 3 amide bonds. The van der Waals surface area contributed by atoms with Crippen molar-refractivity contribution in [3.63, 3.8) is 0 Å². The Morgan fingerprint density at radius 2 is 1.69 bits per heavy atom. The summed E-state index contributed by atoms with van der Waals surface area (Å²) in [5, 5.41) is 10.3. The predicted molar refractivity (Wildman–Crippen MR) is 99.3 cm³/mol. The molecule has 26 heavy (non-hydrogen) atoms. The monoisotopic (exact) mass is 376 g/mol. The lowest BCUT2D eigenvalue weighted by Crippen LogP contribution is -2.37. The zero-order valence-corrected chi connectivity index (χ0v) is 15.2. The topological polar surface area (TPSA) is 122 Å². The predicted octanol–water partition coefficient (Wildman–Crippen LogP) is 1.74. The molecular weight excluding hydrogens is 356 g/mol. The second kappa shape index (κ2) is 7.98. The van der Waals surface area contributed by atoms with E-state index < -0.39 is 16.1 Å². The Morgan fingerprint density at radius 1 is 1.04 bits per heavy atom. The number of urea groups is 1. The van der Waals surface area contributed by atoms with Crippen LogP contribution in [0.2, 0.25) is 0 Å². The molecule has 0 aliphatic rings. The summed E-state index contributed by atoms with van der Waals surface area (Å²) in [6.07, 6.45) is 0. The molecule has 8 nitrogen and oxygen atoms in total. The molecule has 0 heterocycles. The third-order valence-electron chi connectivity index (χ3n) is 3.48. The number of anilines is 2. The Hall–Kier alpha value is -2.91. The number of amides is 3. The number of carbonyl (C=O) groups excluding carboxylic acids is 2. The number of primary sulfonamides is 1. The van der Waals surface area contributed by atoms with E-state index in [0.29, 0.717) is 5.69 Å². The van der Waals surface area contributed by atoms with Crippen molar-refractivity contribution in [2.75, 3.05) is 24.2 Å². The van der Waals surface area contributed by atoms with Crippen molar-refractivity contribution in [1.29, 1.82) is 0 Å². The lowest BCUT2D eigenvalue weighted by Gasteiger charge is -2.18. The van der Waals surface area contributed by atoms with Crippen molar-refractivity contribution >= 4 is 33.3 Å². The van der Waals surface area contributed by atoms with Crippen LogP contribution < -0.4 is 15.8 Å². The van der Waals surface area contributed by atoms with Gasteiger partial charge >= 0.3 is 6.03 Å². The summed E-state index contributed by atoms with van der Waals surface area (Å²) in [7, 11) is -2.42. The van der Waals surface area contributed by atoms with Crippen LogP contribution in [0.5, 0.6) is 0 Å². The molecule has 0 saturated heterocycles. The van der Waals surface area contributed by atoms with E-state index in [1.807, 2.05) is 19.1 Å². The van der Waals surface area contributed by atoms with Gasteiger partial charge < -0.3 is 15.5 Å². The van der Waals surface area contributed by atoms with E-state index in [-0.39, 0.29) is 23.0 Å². The average molecular weight is 376 g/mol. The van der Waals surface area contributed by atoms with Gasteiger partial charge in [-0.05, 0) is 37.3 Å². The van der Waals surface area contributed by atoms with Gasteiger partial charge in [0, 0.05) is 18.4 Å². The zero-order valence-electron chi connectivity index (χ0n) is 14.4. The highest BCUT2D eigenvalue weighted by molar-refractivity contribution is 7.89. The first-order valence-corrected chi connectivity index (χ1v) is 9.21. The maximum Gasteiger partial charge on any atom is 0.322 e. The van der Waals surface area contributed by atoms with Crippen LogP contribution in [-0.4, -0.2) is 38.8 Å². The van der Waals surface area contributed by atoms with Crippen LogP contribution >= 0.6 is 0 Å². The number of nitrogens with two attached hydrogens (primary N) is 1. The fourth-order valence-corrected chi connectivity index (χ4v) is 2.65. The van der Waals surface area contributed by atoms with E-state index in [1.54, 1.807) is 12.1 Å². The van der Waals surface area contributed by atoms with Gasteiger partial charge in [0.25, 0.3) is 0 Å². The van der Waals surface area contributed by atoms with Crippen molar-refractivity contribution < 1.29 is 18.0 Å². The summed E-state index contributed by atoms with van der Waals surface area (Å²) in [4.78, 5) is 25.2. The zero-order chi connectivity index (χ0) is 19.3. The maximum atomic E-state index is 12.2. The summed E-state index contributed by atoms with van der Waals surface area (Å²) in [5.74, 6) is -0.357. The molecule has 0 saturated carbocycles. The maximum absolute atomic E-state index is 12.2. The normalized spacial score (nSPS) is 10.9. The number of nitrogens with zero attached hydrogens (tertiary/aromatic N) is 1. The van der Waals surface area contributed by atoms with E-state index >= 15 is 0 Å². The molecule has 0 aliphatic heterocycles. The summed E-state index contributed by atoms with van der Waals surface area (Å²) in [6, 6.07) is 12.3. The Morgan fingerprint density at radius 3 is 2.31 bits per heavy atom. The van der Waals surface area contributed by atoms with Gasteiger partial charge in [0.2, 0.25) is 15.9 Å². The number of benzene rings is 2. The lowest BCUT2D eigenvalue weighted by molar-refractivity contribution is -0.116. The van der Waals surface area contributed by atoms with Gasteiger partial charge in [0.15, 0.2) is 0 Å². The van der Waals surface area contributed by atoms with Crippen LogP contribution in [0, 0.1) is 6.92 Å². The van der Waals surface area contributed by atoms with Gasteiger partial charge in [-0.25, -0.2) is 18.4 Å². The first-order chi connectivity index (χ1) is 12.1. The average Bonchev–Trinajstić information content (AvgIpc) is 2.56. The first-order valence-electron chi connectivity index (χ1n) is 7.66. The Kier molecular flexibility index (Phi) is 5.96.